The lowest BCUT2D eigenvalue weighted by atomic mass is 9.50. The van der Waals surface area contributed by atoms with Crippen LogP contribution in [-0.2, 0) is 23.8 Å². The van der Waals surface area contributed by atoms with Crippen LogP contribution in [0.1, 0.15) is 60.3 Å². The zero-order valence-electron chi connectivity index (χ0n) is 19.0. The van der Waals surface area contributed by atoms with Gasteiger partial charge in [-0.2, -0.15) is 0 Å². The van der Waals surface area contributed by atoms with Crippen molar-refractivity contribution in [2.24, 2.45) is 16.7 Å². The molecule has 5 heteroatoms. The first-order valence-corrected chi connectivity index (χ1v) is 10.3. The summed E-state index contributed by atoms with van der Waals surface area (Å²) in [6.07, 6.45) is 7.95. The molecule has 0 radical (unpaired) electrons. The molecule has 1 fully saturated rings. The van der Waals surface area contributed by atoms with Crippen molar-refractivity contribution in [1.29, 1.82) is 0 Å². The molecule has 4 atom stereocenters. The first-order chi connectivity index (χ1) is 13.6. The summed E-state index contributed by atoms with van der Waals surface area (Å²) >= 11 is 0. The van der Waals surface area contributed by atoms with Crippen LogP contribution in [0.3, 0.4) is 0 Å². The number of carbonyl (C=O) groups is 2. The number of hydrogen-bond donors (Lipinski definition) is 0. The monoisotopic (exact) mass is 404 g/mol. The Morgan fingerprint density at radius 1 is 1.14 bits per heavy atom. The Bertz CT molecular complexity index is 724. The maximum absolute atomic E-state index is 13.8. The van der Waals surface area contributed by atoms with E-state index in [0.717, 1.165) is 12.0 Å². The van der Waals surface area contributed by atoms with Crippen LogP contribution in [0.4, 0.5) is 0 Å². The number of fused-ring (bicyclic) bond motifs is 2. The summed E-state index contributed by atoms with van der Waals surface area (Å²) in [5.41, 5.74) is 0.893. The van der Waals surface area contributed by atoms with Crippen molar-refractivity contribution in [2.75, 3.05) is 21.0 Å². The number of ketones is 2. The highest BCUT2D eigenvalue weighted by Crippen LogP contribution is 2.57. The molecule has 0 saturated heterocycles. The van der Waals surface area contributed by atoms with Gasteiger partial charge in [0.25, 0.3) is 0 Å². The zero-order chi connectivity index (χ0) is 21.8. The molecule has 2 rings (SSSR count). The molecule has 0 N–H and O–H groups in total. The van der Waals surface area contributed by atoms with E-state index < -0.39 is 16.7 Å². The lowest BCUT2D eigenvalue weighted by Crippen LogP contribution is -2.61. The van der Waals surface area contributed by atoms with Gasteiger partial charge in [0.2, 0.25) is 0 Å². The summed E-state index contributed by atoms with van der Waals surface area (Å²) in [5.74, 6) is -0.479. The third-order valence-electron chi connectivity index (χ3n) is 6.39. The van der Waals surface area contributed by atoms with E-state index in [9.17, 15) is 9.59 Å². The van der Waals surface area contributed by atoms with E-state index in [4.69, 9.17) is 14.2 Å². The number of allylic oxidation sites excluding steroid dienone is 6. The molecule has 5 nitrogen and oxygen atoms in total. The summed E-state index contributed by atoms with van der Waals surface area (Å²) in [7, 11) is 3.12. The van der Waals surface area contributed by atoms with E-state index in [0.29, 0.717) is 25.0 Å². The number of hydrogen-bond acceptors (Lipinski definition) is 5. The molecule has 0 aromatic rings. The second-order valence-corrected chi connectivity index (χ2v) is 9.07. The van der Waals surface area contributed by atoms with Crippen LogP contribution in [0.5, 0.6) is 0 Å². The van der Waals surface area contributed by atoms with E-state index in [1.54, 1.807) is 13.2 Å². The van der Waals surface area contributed by atoms with Crippen molar-refractivity contribution >= 4 is 11.6 Å². The minimum absolute atomic E-state index is 0.0312. The summed E-state index contributed by atoms with van der Waals surface area (Å²) in [5, 5.41) is 0. The van der Waals surface area contributed by atoms with E-state index in [2.05, 4.69) is 26.0 Å². The van der Waals surface area contributed by atoms with Crippen molar-refractivity contribution in [3.8, 4) is 0 Å². The molecule has 0 aromatic heterocycles. The van der Waals surface area contributed by atoms with E-state index in [1.807, 2.05) is 20.8 Å². The average molecular weight is 405 g/mol. The van der Waals surface area contributed by atoms with Gasteiger partial charge in [-0.3, -0.25) is 9.59 Å². The van der Waals surface area contributed by atoms with Crippen molar-refractivity contribution in [3.05, 3.63) is 35.1 Å². The van der Waals surface area contributed by atoms with Gasteiger partial charge in [0.15, 0.2) is 11.6 Å². The highest BCUT2D eigenvalue weighted by molar-refractivity contribution is 6.14. The van der Waals surface area contributed by atoms with Gasteiger partial charge in [0.05, 0.1) is 24.5 Å². The Hall–Kier alpha value is -1.72. The maximum Gasteiger partial charge on any atom is 0.170 e. The fourth-order valence-electron chi connectivity index (χ4n) is 4.73. The number of ether oxygens (including phenoxy) is 3. The molecule has 0 spiro atoms. The van der Waals surface area contributed by atoms with Crippen LogP contribution in [0.25, 0.3) is 0 Å². The second kappa shape index (κ2) is 9.40. The fourth-order valence-corrected chi connectivity index (χ4v) is 4.73. The van der Waals surface area contributed by atoms with Crippen LogP contribution in [0.2, 0.25) is 0 Å². The molecular formula is C24H36O5. The second-order valence-electron chi connectivity index (χ2n) is 9.07. The van der Waals surface area contributed by atoms with Gasteiger partial charge in [0.1, 0.15) is 12.6 Å². The number of methoxy groups -OCH3 is 2. The smallest absolute Gasteiger partial charge is 0.170 e. The van der Waals surface area contributed by atoms with Crippen LogP contribution < -0.4 is 0 Å². The molecule has 2 bridgehead atoms. The van der Waals surface area contributed by atoms with E-state index in [-0.39, 0.29) is 24.5 Å². The predicted molar refractivity (Wildman–Crippen MR) is 113 cm³/mol. The first kappa shape index (κ1) is 23.6. The Morgan fingerprint density at radius 2 is 1.79 bits per heavy atom. The van der Waals surface area contributed by atoms with Crippen molar-refractivity contribution in [1.82, 2.24) is 0 Å². The number of carbonyl (C=O) groups excluding carboxylic acids is 2. The Morgan fingerprint density at radius 3 is 2.34 bits per heavy atom. The van der Waals surface area contributed by atoms with Crippen molar-refractivity contribution in [2.45, 2.75) is 66.4 Å². The fraction of sp³-hybridized carbons (Fsp3) is 0.667. The summed E-state index contributed by atoms with van der Waals surface area (Å²) in [6, 6.07) is 0. The molecule has 29 heavy (non-hydrogen) atoms. The van der Waals surface area contributed by atoms with Crippen LogP contribution >= 0.6 is 0 Å². The van der Waals surface area contributed by atoms with Crippen molar-refractivity contribution in [3.63, 3.8) is 0 Å². The molecule has 4 unspecified atom stereocenters. The van der Waals surface area contributed by atoms with Gasteiger partial charge in [-0.15, -0.1) is 0 Å². The first-order valence-electron chi connectivity index (χ1n) is 10.3. The molecule has 162 valence electrons. The third kappa shape index (κ3) is 4.56. The highest BCUT2D eigenvalue weighted by Gasteiger charge is 2.64. The quantitative estimate of drug-likeness (QED) is 0.315. The topological polar surface area (TPSA) is 61.8 Å². The number of rotatable bonds is 9. The molecule has 0 aliphatic heterocycles. The van der Waals surface area contributed by atoms with Gasteiger partial charge in [0, 0.05) is 18.6 Å². The van der Waals surface area contributed by atoms with Crippen molar-refractivity contribution < 1.29 is 23.8 Å². The largest absolute Gasteiger partial charge is 0.500 e. The van der Waals surface area contributed by atoms with E-state index >= 15 is 0 Å². The minimum atomic E-state index is -0.862. The minimum Gasteiger partial charge on any atom is -0.500 e. The van der Waals surface area contributed by atoms with Gasteiger partial charge >= 0.3 is 0 Å². The lowest BCUT2D eigenvalue weighted by Gasteiger charge is -2.54. The normalized spacial score (nSPS) is 31.2. The van der Waals surface area contributed by atoms with Gasteiger partial charge in [-0.05, 0) is 53.4 Å². The van der Waals surface area contributed by atoms with E-state index in [1.165, 1.54) is 12.7 Å². The highest BCUT2D eigenvalue weighted by atomic mass is 16.7. The van der Waals surface area contributed by atoms with Crippen LogP contribution in [0, 0.1) is 16.7 Å². The molecule has 2 aliphatic carbocycles. The maximum atomic E-state index is 13.8. The summed E-state index contributed by atoms with van der Waals surface area (Å²) in [6.45, 7) is 10.3. The molecule has 0 aromatic carbocycles. The van der Waals surface area contributed by atoms with Crippen LogP contribution in [-0.4, -0.2) is 38.7 Å². The Balaban J connectivity index is 2.56. The van der Waals surface area contributed by atoms with Gasteiger partial charge in [-0.25, -0.2) is 0 Å². The molecule has 0 amide bonds. The molecule has 2 aliphatic rings. The van der Waals surface area contributed by atoms with Crippen LogP contribution in [0.15, 0.2) is 35.1 Å². The Kier molecular flexibility index (Phi) is 7.63. The standard InChI is InChI=1S/C24H36O5/c1-16(2)9-8-11-23(5)20(29-15-27-6)14-24(12-10-17(3)4)19(28-7)13-18(25)21(23)22(24)26/h9-10,13,20-21H,8,11-12,14-15H2,1-7H3. The lowest BCUT2D eigenvalue weighted by molar-refractivity contribution is -0.184. The Labute approximate surface area is 175 Å². The summed E-state index contributed by atoms with van der Waals surface area (Å²) < 4.78 is 16.9. The summed E-state index contributed by atoms with van der Waals surface area (Å²) in [4.78, 5) is 26.9. The zero-order valence-corrected chi connectivity index (χ0v) is 19.0. The SMILES string of the molecule is COCOC1CC2(CC=C(C)C)C(=O)C(C(=O)C=C2OC)C1(C)CCC=C(C)C. The predicted octanol–water partition coefficient (Wildman–Crippen LogP) is 4.77. The molecule has 0 heterocycles. The third-order valence-corrected chi connectivity index (χ3v) is 6.39. The van der Waals surface area contributed by atoms with Gasteiger partial charge < -0.3 is 14.2 Å². The molecular weight excluding hydrogens is 368 g/mol. The van der Waals surface area contributed by atoms with Gasteiger partial charge in [-0.1, -0.05) is 30.2 Å². The molecule has 1 saturated carbocycles. The number of Topliss-reactive ketones (excluding diaryl/α,β-unsaturated/α-hetero) is 1. The average Bonchev–Trinajstić information content (AvgIpc) is 2.64.